The van der Waals surface area contributed by atoms with Crippen LogP contribution >= 0.6 is 0 Å². The first-order valence-corrected chi connectivity index (χ1v) is 6.92. The monoisotopic (exact) mass is 289 g/mol. The Morgan fingerprint density at radius 1 is 1.43 bits per heavy atom. The zero-order valence-corrected chi connectivity index (χ0v) is 12.0. The number of benzene rings is 1. The summed E-state index contributed by atoms with van der Waals surface area (Å²) >= 11 is 0. The van der Waals surface area contributed by atoms with Crippen LogP contribution in [0.1, 0.15) is 25.3 Å². The van der Waals surface area contributed by atoms with Gasteiger partial charge in [-0.2, -0.15) is 0 Å². The summed E-state index contributed by atoms with van der Waals surface area (Å²) in [5.74, 6) is 0.0870. The van der Waals surface area contributed by atoms with Crippen molar-refractivity contribution >= 4 is 22.7 Å². The van der Waals surface area contributed by atoms with Crippen molar-refractivity contribution < 1.29 is 14.3 Å². The summed E-state index contributed by atoms with van der Waals surface area (Å²) in [4.78, 5) is 11.9. The minimum atomic E-state index is -0.553. The van der Waals surface area contributed by atoms with Crippen LogP contribution in [0.4, 0.5) is 5.69 Å². The highest BCUT2D eigenvalue weighted by molar-refractivity contribution is 5.92. The molecule has 0 aliphatic carbocycles. The van der Waals surface area contributed by atoms with Gasteiger partial charge in [-0.25, -0.2) is 4.79 Å². The highest BCUT2D eigenvalue weighted by Gasteiger charge is 2.10. The molecule has 2 aromatic rings. The maximum atomic E-state index is 11.9. The molecule has 0 fully saturated rings. The first kappa shape index (κ1) is 15.1. The largest absolute Gasteiger partial charge is 0.512 e. The molecule has 3 N–H and O–H groups in total. The van der Waals surface area contributed by atoms with E-state index in [2.05, 4.69) is 0 Å². The van der Waals surface area contributed by atoms with Gasteiger partial charge in [-0.1, -0.05) is 12.1 Å². The summed E-state index contributed by atoms with van der Waals surface area (Å²) in [6, 6.07) is 7.04. The Morgan fingerprint density at radius 2 is 2.19 bits per heavy atom. The normalized spacial score (nSPS) is 12.0. The van der Waals surface area contributed by atoms with Crippen molar-refractivity contribution in [1.29, 1.82) is 0 Å². The van der Waals surface area contributed by atoms with Gasteiger partial charge in [-0.15, -0.1) is 0 Å². The van der Waals surface area contributed by atoms with Gasteiger partial charge < -0.3 is 20.0 Å². The Kier molecular flexibility index (Phi) is 5.00. The van der Waals surface area contributed by atoms with Crippen molar-refractivity contribution in [2.45, 2.75) is 19.8 Å². The van der Waals surface area contributed by atoms with Crippen LogP contribution < -0.4 is 11.4 Å². The van der Waals surface area contributed by atoms with Gasteiger partial charge in [0.1, 0.15) is 5.58 Å². The molecule has 0 unspecified atom stereocenters. The molecule has 0 bridgehead atoms. The van der Waals surface area contributed by atoms with Gasteiger partial charge in [0.2, 0.25) is 0 Å². The van der Waals surface area contributed by atoms with Gasteiger partial charge >= 0.3 is 5.63 Å². The predicted molar refractivity (Wildman–Crippen MR) is 83.2 cm³/mol. The molecule has 1 heterocycles. The molecule has 0 aliphatic rings. The molecule has 0 saturated heterocycles. The average Bonchev–Trinajstić information content (AvgIpc) is 2.48. The minimum Gasteiger partial charge on any atom is -0.512 e. The number of anilines is 1. The van der Waals surface area contributed by atoms with Crippen LogP contribution in [0.2, 0.25) is 0 Å². The number of allylic oxidation sites excluding steroid dienone is 1. The molecule has 0 atom stereocenters. The van der Waals surface area contributed by atoms with Crippen molar-refractivity contribution in [3.8, 4) is 0 Å². The molecule has 1 aromatic heterocycles. The van der Waals surface area contributed by atoms with Crippen molar-refractivity contribution in [2.75, 3.05) is 18.9 Å². The van der Waals surface area contributed by atoms with Crippen LogP contribution in [-0.4, -0.2) is 18.3 Å². The molecular weight excluding hydrogens is 270 g/mol. The maximum Gasteiger partial charge on any atom is 0.345 e. The fourth-order valence-electron chi connectivity index (χ4n) is 2.06. The van der Waals surface area contributed by atoms with Gasteiger partial charge in [0, 0.05) is 25.0 Å². The van der Waals surface area contributed by atoms with Crippen LogP contribution in [0.15, 0.2) is 39.2 Å². The number of hydrogen-bond acceptors (Lipinski definition) is 5. The molecule has 1 aromatic carbocycles. The maximum absolute atomic E-state index is 11.9. The van der Waals surface area contributed by atoms with Crippen LogP contribution in [0.5, 0.6) is 0 Å². The second kappa shape index (κ2) is 6.95. The van der Waals surface area contributed by atoms with Gasteiger partial charge in [-0.05, 0) is 31.6 Å². The van der Waals surface area contributed by atoms with E-state index in [1.165, 1.54) is 6.08 Å². The summed E-state index contributed by atoms with van der Waals surface area (Å²) in [6.45, 7) is 3.12. The molecule has 2 rings (SSSR count). The fraction of sp³-hybridized carbons (Fsp3) is 0.312. The van der Waals surface area contributed by atoms with Crippen molar-refractivity contribution in [2.24, 2.45) is 0 Å². The van der Waals surface area contributed by atoms with Crippen LogP contribution in [0.3, 0.4) is 0 Å². The molecule has 0 aliphatic heterocycles. The van der Waals surface area contributed by atoms with Gasteiger partial charge in [0.25, 0.3) is 0 Å². The molecule has 0 spiro atoms. The highest BCUT2D eigenvalue weighted by Crippen LogP contribution is 2.23. The van der Waals surface area contributed by atoms with E-state index in [9.17, 15) is 9.90 Å². The molecular formula is C16H19NO4. The number of ether oxygens (including phenoxy) is 1. The molecule has 0 saturated carbocycles. The first-order valence-electron chi connectivity index (χ1n) is 6.92. The van der Waals surface area contributed by atoms with E-state index >= 15 is 0 Å². The Bertz CT molecular complexity index is 703. The first-order chi connectivity index (χ1) is 10.1. The second-order valence-electron chi connectivity index (χ2n) is 4.65. The Hall–Kier alpha value is -2.27. The quantitative estimate of drug-likeness (QED) is 0.485. The van der Waals surface area contributed by atoms with E-state index < -0.39 is 5.63 Å². The number of rotatable bonds is 6. The Balaban J connectivity index is 2.27. The molecule has 0 amide bonds. The number of hydrogen-bond donors (Lipinski definition) is 2. The second-order valence-corrected chi connectivity index (χ2v) is 4.65. The number of aliphatic hydroxyl groups is 1. The Labute approximate surface area is 122 Å². The summed E-state index contributed by atoms with van der Waals surface area (Å²) in [5.41, 5.74) is 6.39. The molecule has 21 heavy (non-hydrogen) atoms. The number of aliphatic hydroxyl groups excluding tert-OH is 1. The van der Waals surface area contributed by atoms with Crippen LogP contribution in [0, 0.1) is 0 Å². The molecule has 0 radical (unpaired) electrons. The van der Waals surface area contributed by atoms with E-state index in [4.69, 9.17) is 14.9 Å². The fourth-order valence-corrected chi connectivity index (χ4v) is 2.06. The zero-order chi connectivity index (χ0) is 15.2. The summed E-state index contributed by atoms with van der Waals surface area (Å²) in [5, 5.41) is 10.6. The smallest absolute Gasteiger partial charge is 0.345 e. The average molecular weight is 289 g/mol. The van der Waals surface area contributed by atoms with E-state index in [-0.39, 0.29) is 11.3 Å². The standard InChI is InChI=1S/C16H19NO4/c1-2-20-9-5-6-11(18)10-13-15(17)12-7-3-4-8-14(12)21-16(13)19/h3-4,7-8,10,18H,2,5-6,9,17H2,1H3/b11-10-. The minimum absolute atomic E-state index is 0.0870. The number of nitrogen functional groups attached to an aromatic ring is 1. The van der Waals surface area contributed by atoms with Gasteiger partial charge in [0.05, 0.1) is 17.0 Å². The Morgan fingerprint density at radius 3 is 2.95 bits per heavy atom. The van der Waals surface area contributed by atoms with Crippen molar-refractivity contribution in [1.82, 2.24) is 0 Å². The third-order valence-electron chi connectivity index (χ3n) is 3.13. The highest BCUT2D eigenvalue weighted by atomic mass is 16.5. The van der Waals surface area contributed by atoms with Crippen LogP contribution in [0.25, 0.3) is 17.0 Å². The van der Waals surface area contributed by atoms with Gasteiger partial charge in [-0.3, -0.25) is 0 Å². The molecule has 5 nitrogen and oxygen atoms in total. The summed E-state index contributed by atoms with van der Waals surface area (Å²) in [7, 11) is 0. The predicted octanol–water partition coefficient (Wildman–Crippen LogP) is 3.09. The molecule has 5 heteroatoms. The lowest BCUT2D eigenvalue weighted by molar-refractivity contribution is 0.142. The van der Waals surface area contributed by atoms with E-state index in [0.717, 1.165) is 0 Å². The topological polar surface area (TPSA) is 85.7 Å². The van der Waals surface area contributed by atoms with Gasteiger partial charge in [0.15, 0.2) is 0 Å². The lowest BCUT2D eigenvalue weighted by Crippen LogP contribution is -2.08. The molecule has 112 valence electrons. The summed E-state index contributed by atoms with van der Waals surface area (Å²) < 4.78 is 10.4. The lowest BCUT2D eigenvalue weighted by Gasteiger charge is -2.05. The number of fused-ring (bicyclic) bond motifs is 1. The summed E-state index contributed by atoms with van der Waals surface area (Å²) in [6.07, 6.45) is 2.47. The van der Waals surface area contributed by atoms with Crippen molar-refractivity contribution in [3.05, 3.63) is 46.0 Å². The van der Waals surface area contributed by atoms with Crippen molar-refractivity contribution in [3.63, 3.8) is 0 Å². The third kappa shape index (κ3) is 3.64. The lowest BCUT2D eigenvalue weighted by atomic mass is 10.1. The number of nitrogens with two attached hydrogens (primary N) is 1. The SMILES string of the molecule is CCOCCC/C(O)=C/c1c(N)c2ccccc2oc1=O. The van der Waals surface area contributed by atoms with E-state index in [1.807, 2.05) is 13.0 Å². The van der Waals surface area contributed by atoms with Crippen LogP contribution in [-0.2, 0) is 4.74 Å². The van der Waals surface area contributed by atoms with E-state index in [0.29, 0.717) is 42.7 Å². The number of para-hydroxylation sites is 1. The van der Waals surface area contributed by atoms with E-state index in [1.54, 1.807) is 18.2 Å². The third-order valence-corrected chi connectivity index (χ3v) is 3.13. The zero-order valence-electron chi connectivity index (χ0n) is 12.0.